The van der Waals surface area contributed by atoms with Crippen molar-refractivity contribution in [2.24, 2.45) is 51.5 Å². The van der Waals surface area contributed by atoms with Gasteiger partial charge in [0.05, 0.1) is 5.71 Å². The van der Waals surface area contributed by atoms with E-state index in [1.807, 2.05) is 12.1 Å². The van der Waals surface area contributed by atoms with Gasteiger partial charge in [-0.1, -0.05) is 42.5 Å². The Kier molecular flexibility index (Phi) is 8.75. The van der Waals surface area contributed by atoms with Crippen LogP contribution in [0.15, 0.2) is 35.0 Å². The highest BCUT2D eigenvalue weighted by Crippen LogP contribution is 2.67. The minimum atomic E-state index is -0.919. The molecule has 11 unspecified atom stereocenters. The third kappa shape index (κ3) is 5.10. The van der Waals surface area contributed by atoms with E-state index in [0.29, 0.717) is 47.2 Å². The highest BCUT2D eigenvalue weighted by molar-refractivity contribution is 5.96. The summed E-state index contributed by atoms with van der Waals surface area (Å²) >= 11 is 0. The molecule has 5 fully saturated rings. The van der Waals surface area contributed by atoms with Crippen LogP contribution in [0.2, 0.25) is 0 Å². The van der Waals surface area contributed by atoms with E-state index in [1.54, 1.807) is 0 Å². The molecular weight excluding hydrogens is 610 g/mol. The predicted molar refractivity (Wildman–Crippen MR) is 191 cm³/mol. The van der Waals surface area contributed by atoms with Crippen LogP contribution in [0.4, 0.5) is 0 Å². The second-order valence-electron chi connectivity index (χ2n) is 16.9. The van der Waals surface area contributed by atoms with Crippen LogP contribution < -0.4 is 0 Å². The molecule has 49 heavy (non-hydrogen) atoms. The molecular formula is C43H55NO5. The maximum atomic E-state index is 11.9. The SMILES string of the molecule is C#CC1(O)CCC2C3CCc4cc(O)ccc4C3CCC21C.C#CC1(OC(C)=O)CCC2C3CCC4=CC(=NO)CCC4C3CCC21CC. The molecule has 3 N–H and O–H groups in total. The van der Waals surface area contributed by atoms with Gasteiger partial charge in [-0.25, -0.2) is 0 Å². The highest BCUT2D eigenvalue weighted by atomic mass is 16.6. The smallest absolute Gasteiger partial charge is 0.304 e. The van der Waals surface area contributed by atoms with Crippen molar-refractivity contribution >= 4 is 11.7 Å². The van der Waals surface area contributed by atoms with Crippen molar-refractivity contribution in [2.45, 2.75) is 134 Å². The lowest BCUT2D eigenvalue weighted by molar-refractivity contribution is -0.170. The van der Waals surface area contributed by atoms with Gasteiger partial charge in [-0.3, -0.25) is 4.79 Å². The molecule has 0 bridgehead atoms. The summed E-state index contributed by atoms with van der Waals surface area (Å²) < 4.78 is 5.90. The van der Waals surface area contributed by atoms with Crippen molar-refractivity contribution in [2.75, 3.05) is 0 Å². The molecule has 0 amide bonds. The number of aryl methyl sites for hydroxylation is 1. The van der Waals surface area contributed by atoms with Gasteiger partial charge in [-0.05, 0) is 167 Å². The van der Waals surface area contributed by atoms with Crippen LogP contribution in [0.1, 0.15) is 128 Å². The summed E-state index contributed by atoms with van der Waals surface area (Å²) in [5.74, 6) is 10.1. The van der Waals surface area contributed by atoms with Crippen LogP contribution in [0.25, 0.3) is 0 Å². The number of fused-ring (bicyclic) bond motifs is 10. The molecule has 8 rings (SSSR count). The number of ether oxygens (including phenoxy) is 1. The van der Waals surface area contributed by atoms with Crippen LogP contribution in [0.5, 0.6) is 5.75 Å². The molecule has 0 saturated heterocycles. The number of terminal acetylenes is 2. The van der Waals surface area contributed by atoms with Crippen molar-refractivity contribution in [1.82, 2.24) is 0 Å². The number of phenolic OH excluding ortho intramolecular Hbond substituents is 1. The van der Waals surface area contributed by atoms with E-state index >= 15 is 0 Å². The standard InChI is InChI=1S/C23H31NO3.C20H24O2/c1-4-22-12-10-19-18-9-7-17(24-26)14-16(18)6-8-20(19)21(22)11-13-23(22,5-2)27-15(3)25;1-3-20(22)11-9-18-17-6-4-13-12-14(21)5-7-15(13)16(17)8-10-19(18,20)2/h2,14,18-21,26H,4,6-13H2,1,3H3;1,5,7,12,16-18,21-22H,4,6,8-11H2,2H3. The Morgan fingerprint density at radius 2 is 1.69 bits per heavy atom. The zero-order valence-electron chi connectivity index (χ0n) is 29.7. The first-order chi connectivity index (χ1) is 23.5. The highest BCUT2D eigenvalue weighted by Gasteiger charge is 2.66. The predicted octanol–water partition coefficient (Wildman–Crippen LogP) is 8.33. The Labute approximate surface area is 293 Å². The van der Waals surface area contributed by atoms with Crippen molar-refractivity contribution < 1.29 is 25.0 Å². The number of allylic oxidation sites excluding steroid dienone is 2. The number of carbonyl (C=O) groups excluding carboxylic acids is 1. The first-order valence-electron chi connectivity index (χ1n) is 19.1. The van der Waals surface area contributed by atoms with Gasteiger partial charge in [0.2, 0.25) is 0 Å². The normalized spacial score (nSPS) is 43.8. The molecule has 0 aromatic heterocycles. The number of nitrogens with zero attached hydrogens (tertiary/aromatic N) is 1. The number of oxime groups is 1. The second-order valence-corrected chi connectivity index (χ2v) is 16.9. The molecule has 6 nitrogen and oxygen atoms in total. The topological polar surface area (TPSA) is 99.3 Å². The van der Waals surface area contributed by atoms with Crippen LogP contribution in [0, 0.1) is 71.0 Å². The van der Waals surface area contributed by atoms with Gasteiger partial charge in [-0.15, -0.1) is 12.8 Å². The molecule has 6 heteroatoms. The van der Waals surface area contributed by atoms with Gasteiger partial charge >= 0.3 is 5.97 Å². The number of hydrogen-bond donors (Lipinski definition) is 3. The molecule has 7 aliphatic carbocycles. The summed E-state index contributed by atoms with van der Waals surface area (Å²) in [7, 11) is 0. The van der Waals surface area contributed by atoms with Crippen molar-refractivity contribution in [3.63, 3.8) is 0 Å². The second kappa shape index (κ2) is 12.5. The first-order valence-corrected chi connectivity index (χ1v) is 19.1. The Morgan fingerprint density at radius 3 is 2.41 bits per heavy atom. The van der Waals surface area contributed by atoms with Crippen LogP contribution >= 0.6 is 0 Å². The number of aromatic hydroxyl groups is 1. The molecule has 0 spiro atoms. The third-order valence-corrected chi connectivity index (χ3v) is 15.5. The lowest BCUT2D eigenvalue weighted by Crippen LogP contribution is -2.55. The zero-order chi connectivity index (χ0) is 34.8. The molecule has 1 aromatic rings. The number of esters is 1. The summed E-state index contributed by atoms with van der Waals surface area (Å²) in [5, 5.41) is 33.2. The van der Waals surface area contributed by atoms with Gasteiger partial charge in [0.25, 0.3) is 0 Å². The summed E-state index contributed by atoms with van der Waals surface area (Å²) in [6.45, 7) is 5.93. The van der Waals surface area contributed by atoms with E-state index in [4.69, 9.17) is 22.8 Å². The zero-order valence-corrected chi connectivity index (χ0v) is 29.7. The van der Waals surface area contributed by atoms with Crippen LogP contribution in [-0.2, 0) is 16.0 Å². The maximum absolute atomic E-state index is 11.9. The van der Waals surface area contributed by atoms with Crippen LogP contribution in [0.3, 0.4) is 0 Å². The minimum Gasteiger partial charge on any atom is -0.508 e. The van der Waals surface area contributed by atoms with Gasteiger partial charge < -0.3 is 20.2 Å². The van der Waals surface area contributed by atoms with Gasteiger partial charge in [-0.2, -0.15) is 0 Å². The van der Waals surface area contributed by atoms with Gasteiger partial charge in [0.1, 0.15) is 11.4 Å². The van der Waals surface area contributed by atoms with E-state index in [2.05, 4.69) is 43.0 Å². The molecule has 7 aliphatic rings. The van der Waals surface area contributed by atoms with E-state index in [-0.39, 0.29) is 16.8 Å². The van der Waals surface area contributed by atoms with Crippen molar-refractivity contribution in [3.8, 4) is 30.4 Å². The number of aliphatic hydroxyl groups is 1. The third-order valence-electron chi connectivity index (χ3n) is 15.5. The fourth-order valence-corrected chi connectivity index (χ4v) is 13.3. The van der Waals surface area contributed by atoms with Gasteiger partial charge in [0.15, 0.2) is 5.60 Å². The summed E-state index contributed by atoms with van der Waals surface area (Å²) in [5.41, 5.74) is 3.23. The van der Waals surface area contributed by atoms with E-state index in [0.717, 1.165) is 95.6 Å². The number of rotatable bonds is 2. The van der Waals surface area contributed by atoms with Crippen LogP contribution in [-0.4, -0.2) is 38.3 Å². The van der Waals surface area contributed by atoms with Gasteiger partial charge in [0, 0.05) is 17.8 Å². The maximum Gasteiger partial charge on any atom is 0.304 e. The van der Waals surface area contributed by atoms with E-state index in [1.165, 1.54) is 30.0 Å². The lowest BCUT2D eigenvalue weighted by atomic mass is 9.49. The van der Waals surface area contributed by atoms with E-state index in [9.17, 15) is 15.0 Å². The average Bonchev–Trinajstić information content (AvgIpc) is 3.59. The number of phenols is 1. The number of benzene rings is 1. The number of carbonyl (C=O) groups is 1. The summed E-state index contributed by atoms with van der Waals surface area (Å²) in [4.78, 5) is 11.9. The molecule has 11 atom stereocenters. The average molecular weight is 666 g/mol. The molecule has 0 radical (unpaired) electrons. The molecule has 0 heterocycles. The fraction of sp³-hybridized carbons (Fsp3) is 0.674. The van der Waals surface area contributed by atoms with Crippen molar-refractivity contribution in [3.05, 3.63) is 41.0 Å². The fourth-order valence-electron chi connectivity index (χ4n) is 13.3. The summed E-state index contributed by atoms with van der Waals surface area (Å²) in [6, 6.07) is 5.87. The Balaban J connectivity index is 0.000000157. The monoisotopic (exact) mass is 665 g/mol. The number of hydrogen-bond acceptors (Lipinski definition) is 6. The first kappa shape index (κ1) is 34.2. The summed E-state index contributed by atoms with van der Waals surface area (Å²) in [6.07, 6.45) is 29.2. The Morgan fingerprint density at radius 1 is 0.918 bits per heavy atom. The Bertz CT molecular complexity index is 1630. The Hall–Kier alpha value is -3.22. The minimum absolute atomic E-state index is 0.0673. The molecule has 262 valence electrons. The molecule has 0 aliphatic heterocycles. The molecule has 1 aromatic carbocycles. The van der Waals surface area contributed by atoms with E-state index < -0.39 is 11.2 Å². The molecule has 5 saturated carbocycles. The largest absolute Gasteiger partial charge is 0.508 e. The lowest BCUT2D eigenvalue weighted by Gasteiger charge is -2.56. The quantitative estimate of drug-likeness (QED) is 0.128. The van der Waals surface area contributed by atoms with Crippen molar-refractivity contribution in [1.29, 1.82) is 0 Å².